The van der Waals surface area contributed by atoms with Crippen LogP contribution in [0, 0.1) is 0 Å². The number of carbonyl (C=O) groups excluding carboxylic acids is 1. The molecule has 0 saturated heterocycles. The number of aromatic nitrogens is 1. The molecule has 0 amide bonds. The Hall–Kier alpha value is -1.02. The van der Waals surface area contributed by atoms with Crippen LogP contribution in [0.5, 0.6) is 0 Å². The molecule has 1 aliphatic rings. The van der Waals surface area contributed by atoms with Crippen molar-refractivity contribution in [2.45, 2.75) is 25.8 Å². The summed E-state index contributed by atoms with van der Waals surface area (Å²) >= 11 is 5.71. The Labute approximate surface area is 88.2 Å². The topological polar surface area (TPSA) is 22.0 Å². The molecule has 2 nitrogen and oxygen atoms in total. The molecule has 2 rings (SSSR count). The lowest BCUT2D eigenvalue weighted by atomic mass is 9.95. The van der Waals surface area contributed by atoms with Crippen molar-refractivity contribution in [2.75, 3.05) is 0 Å². The van der Waals surface area contributed by atoms with E-state index < -0.39 is 0 Å². The van der Waals surface area contributed by atoms with Gasteiger partial charge in [-0.3, -0.25) is 4.79 Å². The fraction of sp³-hybridized carbons (Fsp3) is 0.364. The number of carbonyl (C=O) groups is 1. The van der Waals surface area contributed by atoms with Crippen molar-refractivity contribution in [3.05, 3.63) is 35.1 Å². The van der Waals surface area contributed by atoms with E-state index in [4.69, 9.17) is 11.6 Å². The number of hydrogen-bond donors (Lipinski definition) is 0. The Balaban J connectivity index is 2.30. The molecule has 3 heteroatoms. The minimum absolute atomic E-state index is 0.255. The van der Waals surface area contributed by atoms with Crippen molar-refractivity contribution in [3.63, 3.8) is 0 Å². The lowest BCUT2D eigenvalue weighted by Crippen LogP contribution is -2.07. The third-order valence-corrected chi connectivity index (χ3v) is 2.59. The van der Waals surface area contributed by atoms with E-state index in [1.807, 2.05) is 17.0 Å². The Morgan fingerprint density at radius 1 is 1.50 bits per heavy atom. The van der Waals surface area contributed by atoms with Gasteiger partial charge in [-0.25, -0.2) is 0 Å². The second-order valence-electron chi connectivity index (χ2n) is 3.66. The van der Waals surface area contributed by atoms with E-state index in [2.05, 4.69) is 6.58 Å². The number of allylic oxidation sites excluding steroid dienone is 1. The average molecular weight is 210 g/mol. The van der Waals surface area contributed by atoms with Crippen molar-refractivity contribution in [2.24, 2.45) is 0 Å². The third kappa shape index (κ3) is 1.75. The molecule has 0 N–H and O–H groups in total. The fourth-order valence-corrected chi connectivity index (χ4v) is 2.01. The summed E-state index contributed by atoms with van der Waals surface area (Å²) in [6.07, 6.45) is 6.53. The summed E-state index contributed by atoms with van der Waals surface area (Å²) in [6, 6.07) is 0. The van der Waals surface area contributed by atoms with Crippen LogP contribution in [-0.2, 0) is 13.0 Å². The Bertz CT molecular complexity index is 392. The summed E-state index contributed by atoms with van der Waals surface area (Å²) in [5, 5.41) is 0.588. The van der Waals surface area contributed by atoms with E-state index in [9.17, 15) is 4.79 Å². The monoisotopic (exact) mass is 209 g/mol. The number of fused-ring (bicyclic) bond motifs is 1. The molecular formula is C11H12ClNO. The van der Waals surface area contributed by atoms with E-state index in [0.29, 0.717) is 18.0 Å². The molecular weight excluding hydrogens is 198 g/mol. The molecule has 74 valence electrons. The maximum Gasteiger partial charge on any atom is 0.164 e. The van der Waals surface area contributed by atoms with Crippen molar-refractivity contribution < 1.29 is 4.79 Å². The van der Waals surface area contributed by atoms with Gasteiger partial charge in [0.05, 0.1) is 6.54 Å². The maximum absolute atomic E-state index is 11.5. The molecule has 1 aromatic heterocycles. The number of aryl methyl sites for hydroxylation is 1. The van der Waals surface area contributed by atoms with Gasteiger partial charge in [0.1, 0.15) is 0 Å². The predicted octanol–water partition coefficient (Wildman–Crippen LogP) is 2.76. The zero-order valence-electron chi connectivity index (χ0n) is 7.92. The molecule has 0 aromatic carbocycles. The molecule has 0 unspecified atom stereocenters. The summed E-state index contributed by atoms with van der Waals surface area (Å²) in [5.41, 5.74) is 2.02. The molecule has 0 saturated carbocycles. The van der Waals surface area contributed by atoms with Gasteiger partial charge in [-0.2, -0.15) is 0 Å². The van der Waals surface area contributed by atoms with Crippen LogP contribution in [0.3, 0.4) is 0 Å². The molecule has 1 heterocycles. The second kappa shape index (κ2) is 3.62. The number of halogens is 1. The van der Waals surface area contributed by atoms with Gasteiger partial charge in [0.25, 0.3) is 0 Å². The summed E-state index contributed by atoms with van der Waals surface area (Å²) in [6.45, 7) is 4.22. The quantitative estimate of drug-likeness (QED) is 0.734. The third-order valence-electron chi connectivity index (χ3n) is 2.47. The number of Topliss-reactive ketones (excluding diaryl/α,β-unsaturated/α-hetero) is 1. The SMILES string of the molecule is C=C(Cl)Cn1cc2c(c1)C(=O)CCC2. The molecule has 14 heavy (non-hydrogen) atoms. The van der Waals surface area contributed by atoms with E-state index in [1.54, 1.807) is 0 Å². The van der Waals surface area contributed by atoms with Crippen LogP contribution in [-0.4, -0.2) is 10.4 Å². The molecule has 1 aromatic rings. The van der Waals surface area contributed by atoms with Gasteiger partial charge in [0.2, 0.25) is 0 Å². The summed E-state index contributed by atoms with van der Waals surface area (Å²) in [7, 11) is 0. The highest BCUT2D eigenvalue weighted by atomic mass is 35.5. The second-order valence-corrected chi connectivity index (χ2v) is 4.20. The van der Waals surface area contributed by atoms with Crippen LogP contribution in [0.4, 0.5) is 0 Å². The molecule has 0 fully saturated rings. The number of hydrogen-bond acceptors (Lipinski definition) is 1. The average Bonchev–Trinajstić information content (AvgIpc) is 2.47. The largest absolute Gasteiger partial charge is 0.348 e. The molecule has 0 aliphatic heterocycles. The van der Waals surface area contributed by atoms with Gasteiger partial charge >= 0.3 is 0 Å². The highest BCUT2D eigenvalue weighted by molar-refractivity contribution is 6.29. The van der Waals surface area contributed by atoms with Crippen molar-refractivity contribution in [1.29, 1.82) is 0 Å². The number of nitrogens with zero attached hydrogens (tertiary/aromatic N) is 1. The van der Waals surface area contributed by atoms with Crippen LogP contribution < -0.4 is 0 Å². The fourth-order valence-electron chi connectivity index (χ4n) is 1.87. The molecule has 1 aliphatic carbocycles. The first kappa shape index (κ1) is 9.53. The zero-order valence-corrected chi connectivity index (χ0v) is 8.68. The minimum Gasteiger partial charge on any atom is -0.348 e. The van der Waals surface area contributed by atoms with Gasteiger partial charge in [0.15, 0.2) is 5.78 Å². The standard InChI is InChI=1S/C11H12ClNO/c1-8(12)5-13-6-9-3-2-4-11(14)10(9)7-13/h6-7H,1-5H2. The normalized spacial score (nSPS) is 15.4. The van der Waals surface area contributed by atoms with E-state index in [1.165, 1.54) is 0 Å². The molecule has 0 bridgehead atoms. The number of rotatable bonds is 2. The predicted molar refractivity (Wildman–Crippen MR) is 56.7 cm³/mol. The first-order chi connectivity index (χ1) is 6.66. The first-order valence-electron chi connectivity index (χ1n) is 4.72. The van der Waals surface area contributed by atoms with Crippen molar-refractivity contribution >= 4 is 17.4 Å². The maximum atomic E-state index is 11.5. The zero-order chi connectivity index (χ0) is 10.1. The molecule has 0 radical (unpaired) electrons. The first-order valence-corrected chi connectivity index (χ1v) is 5.10. The molecule has 0 atom stereocenters. The van der Waals surface area contributed by atoms with Gasteiger partial charge in [-0.1, -0.05) is 18.2 Å². The van der Waals surface area contributed by atoms with Crippen LogP contribution in [0.2, 0.25) is 0 Å². The van der Waals surface area contributed by atoms with Crippen molar-refractivity contribution in [3.8, 4) is 0 Å². The van der Waals surface area contributed by atoms with Crippen LogP contribution in [0.15, 0.2) is 24.0 Å². The van der Waals surface area contributed by atoms with Gasteiger partial charge in [-0.15, -0.1) is 0 Å². The van der Waals surface area contributed by atoms with Gasteiger partial charge < -0.3 is 4.57 Å². The van der Waals surface area contributed by atoms with E-state index >= 15 is 0 Å². The lowest BCUT2D eigenvalue weighted by Gasteiger charge is -2.07. The highest BCUT2D eigenvalue weighted by Crippen LogP contribution is 2.22. The van der Waals surface area contributed by atoms with Crippen LogP contribution >= 0.6 is 11.6 Å². The minimum atomic E-state index is 0.255. The van der Waals surface area contributed by atoms with Crippen LogP contribution in [0.1, 0.15) is 28.8 Å². The smallest absolute Gasteiger partial charge is 0.164 e. The highest BCUT2D eigenvalue weighted by Gasteiger charge is 2.18. The summed E-state index contributed by atoms with van der Waals surface area (Å²) < 4.78 is 1.93. The van der Waals surface area contributed by atoms with Gasteiger partial charge in [0, 0.05) is 29.4 Å². The lowest BCUT2D eigenvalue weighted by molar-refractivity contribution is 0.0973. The van der Waals surface area contributed by atoms with Crippen LogP contribution in [0.25, 0.3) is 0 Å². The van der Waals surface area contributed by atoms with Gasteiger partial charge in [-0.05, 0) is 18.4 Å². The Morgan fingerprint density at radius 3 is 2.93 bits per heavy atom. The van der Waals surface area contributed by atoms with E-state index in [0.717, 1.165) is 24.0 Å². The Kier molecular flexibility index (Phi) is 2.46. The summed E-state index contributed by atoms with van der Waals surface area (Å²) in [4.78, 5) is 11.5. The van der Waals surface area contributed by atoms with E-state index in [-0.39, 0.29) is 5.78 Å². The molecule has 0 spiro atoms. The van der Waals surface area contributed by atoms with Crippen molar-refractivity contribution in [1.82, 2.24) is 4.57 Å². The number of ketones is 1. The Morgan fingerprint density at radius 2 is 2.29 bits per heavy atom. The summed E-state index contributed by atoms with van der Waals surface area (Å²) in [5.74, 6) is 0.255.